The monoisotopic (exact) mass is 836 g/mol. The van der Waals surface area contributed by atoms with E-state index < -0.39 is 17.7 Å². The highest BCUT2D eigenvalue weighted by molar-refractivity contribution is 9.10. The molecule has 290 valence electrons. The molecule has 2 amide bonds. The third-order valence-electron chi connectivity index (χ3n) is 10.9. The number of nitrogens with zero attached hydrogens (tertiary/aromatic N) is 4. The van der Waals surface area contributed by atoms with Crippen LogP contribution in [0.25, 0.3) is 20.5 Å². The van der Waals surface area contributed by atoms with Crippen molar-refractivity contribution >= 4 is 54.9 Å². The minimum Gasteiger partial charge on any atom is -0.508 e. The van der Waals surface area contributed by atoms with E-state index in [2.05, 4.69) is 42.9 Å². The lowest BCUT2D eigenvalue weighted by atomic mass is 9.95. The van der Waals surface area contributed by atoms with E-state index in [9.17, 15) is 14.7 Å². The number of fused-ring (bicyclic) bond motifs is 1. The lowest BCUT2D eigenvalue weighted by molar-refractivity contribution is -0.144. The summed E-state index contributed by atoms with van der Waals surface area (Å²) in [7, 11) is 0. The zero-order valence-electron chi connectivity index (χ0n) is 30.2. The van der Waals surface area contributed by atoms with Gasteiger partial charge >= 0.3 is 0 Å². The maximum atomic E-state index is 15.8. The van der Waals surface area contributed by atoms with Crippen LogP contribution < -0.4 is 20.3 Å². The van der Waals surface area contributed by atoms with Crippen LogP contribution in [0, 0.1) is 17.6 Å². The zero-order chi connectivity index (χ0) is 38.2. The van der Waals surface area contributed by atoms with Crippen LogP contribution in [0.4, 0.5) is 14.5 Å². The lowest BCUT2D eigenvalue weighted by Gasteiger charge is -2.41. The summed E-state index contributed by atoms with van der Waals surface area (Å²) in [5, 5.41) is 16.6. The molecule has 0 aliphatic carbocycles. The molecule has 3 aromatic carbocycles. The van der Waals surface area contributed by atoms with E-state index >= 15 is 8.78 Å². The summed E-state index contributed by atoms with van der Waals surface area (Å²) < 4.78 is 45.7. The van der Waals surface area contributed by atoms with Gasteiger partial charge in [0.15, 0.2) is 23.7 Å². The first-order valence-electron chi connectivity index (χ1n) is 18.6. The van der Waals surface area contributed by atoms with E-state index in [0.717, 1.165) is 76.3 Å². The van der Waals surface area contributed by atoms with Gasteiger partial charge in [-0.05, 0) is 61.1 Å². The Morgan fingerprint density at radius 2 is 1.67 bits per heavy atom. The molecule has 15 heteroatoms. The van der Waals surface area contributed by atoms with Crippen LogP contribution in [0.1, 0.15) is 25.7 Å². The summed E-state index contributed by atoms with van der Waals surface area (Å²) >= 11 is 4.91. The molecule has 8 rings (SSSR count). The predicted molar refractivity (Wildman–Crippen MR) is 211 cm³/mol. The summed E-state index contributed by atoms with van der Waals surface area (Å²) in [6.07, 6.45) is 2.07. The number of nitrogens with one attached hydrogen (secondary N) is 2. The Labute approximate surface area is 330 Å². The predicted octanol–water partition coefficient (Wildman–Crippen LogP) is 6.42. The number of aromatic hydroxyl groups is 1. The Hall–Kier alpha value is -4.12. The van der Waals surface area contributed by atoms with Crippen molar-refractivity contribution in [1.82, 2.24) is 25.3 Å². The minimum absolute atomic E-state index is 0.0266. The number of hydrogen-bond acceptors (Lipinski definition) is 11. The standard InChI is InChI=1S/C40H43BrF2N6O5S/c1-24-21-49(33-8-9-35(51)45-39(33)52)23-53-40(44-24)48-16-14-46(15-17-48)22-25-10-12-47(13-11-25)36-31(42)19-29(20-32(36)43)54-37-30-7-6-28(50)18-34(30)55-38(37)26-2-4-27(41)5-3-26/h2-7,18-20,25,33,40,44,50H,1,8-17,21-23H2,(H,45,51,52). The second-order valence-electron chi connectivity index (χ2n) is 14.7. The Morgan fingerprint density at radius 3 is 2.38 bits per heavy atom. The van der Waals surface area contributed by atoms with Gasteiger partial charge in [-0.3, -0.25) is 24.7 Å². The molecule has 2 unspecified atom stereocenters. The quantitative estimate of drug-likeness (QED) is 0.172. The van der Waals surface area contributed by atoms with Crippen molar-refractivity contribution in [2.75, 3.05) is 64.0 Å². The van der Waals surface area contributed by atoms with Crippen molar-refractivity contribution in [3.05, 3.63) is 83.0 Å². The molecule has 0 bridgehead atoms. The molecule has 4 aliphatic rings. The average Bonchev–Trinajstić information content (AvgIpc) is 3.38. The Morgan fingerprint density at radius 1 is 0.945 bits per heavy atom. The van der Waals surface area contributed by atoms with Gasteiger partial charge in [-0.2, -0.15) is 0 Å². The number of halogens is 3. The molecule has 4 saturated heterocycles. The van der Waals surface area contributed by atoms with Gasteiger partial charge in [-0.25, -0.2) is 8.78 Å². The van der Waals surface area contributed by atoms with E-state index in [-0.39, 0.29) is 42.1 Å². The molecule has 1 aromatic heterocycles. The van der Waals surface area contributed by atoms with Crippen LogP contribution >= 0.6 is 27.3 Å². The fraction of sp³-hybridized carbons (Fsp3) is 0.400. The molecule has 0 saturated carbocycles. The number of carbonyl (C=O) groups is 2. The van der Waals surface area contributed by atoms with E-state index in [4.69, 9.17) is 9.47 Å². The highest BCUT2D eigenvalue weighted by Gasteiger charge is 2.36. The van der Waals surface area contributed by atoms with E-state index in [0.29, 0.717) is 44.1 Å². The molecule has 4 fully saturated rings. The van der Waals surface area contributed by atoms with Crippen LogP contribution in [0.15, 0.2) is 71.3 Å². The maximum absolute atomic E-state index is 15.8. The Balaban J connectivity index is 0.849. The molecule has 55 heavy (non-hydrogen) atoms. The van der Waals surface area contributed by atoms with Gasteiger partial charge in [0.1, 0.15) is 23.9 Å². The van der Waals surface area contributed by atoms with Crippen LogP contribution in [-0.2, 0) is 14.3 Å². The van der Waals surface area contributed by atoms with E-state index in [1.807, 2.05) is 29.2 Å². The number of imide groups is 1. The van der Waals surface area contributed by atoms with Gasteiger partial charge < -0.3 is 29.7 Å². The highest BCUT2D eigenvalue weighted by atomic mass is 79.9. The molecule has 4 aliphatic heterocycles. The largest absolute Gasteiger partial charge is 0.508 e. The van der Waals surface area contributed by atoms with Crippen molar-refractivity contribution < 1.29 is 33.0 Å². The molecule has 0 spiro atoms. The molecular weight excluding hydrogens is 794 g/mol. The normalized spacial score (nSPS) is 22.5. The van der Waals surface area contributed by atoms with Gasteiger partial charge in [-0.15, -0.1) is 11.3 Å². The number of piperidine rings is 2. The number of amides is 2. The summed E-state index contributed by atoms with van der Waals surface area (Å²) in [6.45, 7) is 10.2. The molecular formula is C40H43BrF2N6O5S. The van der Waals surface area contributed by atoms with E-state index in [1.54, 1.807) is 23.1 Å². The first kappa shape index (κ1) is 37.8. The third-order valence-corrected chi connectivity index (χ3v) is 12.6. The SMILES string of the molecule is C=C1CN(C2CCC(=O)NC2=O)COC(N2CCN(CC3CCN(c4c(F)cc(Oc5c(-c6ccc(Br)cc6)sc6cc(O)ccc56)cc4F)CC3)CC2)N1. The van der Waals surface area contributed by atoms with Gasteiger partial charge in [0.2, 0.25) is 11.8 Å². The second kappa shape index (κ2) is 16.2. The molecule has 3 N–H and O–H groups in total. The lowest BCUT2D eigenvalue weighted by Crippen LogP contribution is -2.56. The summed E-state index contributed by atoms with van der Waals surface area (Å²) in [5.74, 6) is -0.767. The van der Waals surface area contributed by atoms with Crippen molar-refractivity contribution in [2.24, 2.45) is 5.92 Å². The van der Waals surface area contributed by atoms with Crippen LogP contribution in [-0.4, -0.2) is 103 Å². The fourth-order valence-electron chi connectivity index (χ4n) is 8.01. The Kier molecular flexibility index (Phi) is 11.1. The number of anilines is 1. The summed E-state index contributed by atoms with van der Waals surface area (Å²) in [4.78, 5) is 33.3. The molecule has 4 aromatic rings. The highest BCUT2D eigenvalue weighted by Crippen LogP contribution is 2.48. The number of hydrogen-bond donors (Lipinski definition) is 3. The zero-order valence-corrected chi connectivity index (χ0v) is 32.6. The van der Waals surface area contributed by atoms with Crippen LogP contribution in [0.3, 0.4) is 0 Å². The summed E-state index contributed by atoms with van der Waals surface area (Å²) in [6, 6.07) is 14.8. The smallest absolute Gasteiger partial charge is 0.243 e. The Bertz CT molecular complexity index is 2060. The second-order valence-corrected chi connectivity index (χ2v) is 16.6. The number of carbonyl (C=O) groups excluding carboxylic acids is 2. The van der Waals surface area contributed by atoms with Crippen molar-refractivity contribution in [3.63, 3.8) is 0 Å². The van der Waals surface area contributed by atoms with Crippen molar-refractivity contribution in [1.29, 1.82) is 0 Å². The van der Waals surface area contributed by atoms with Gasteiger partial charge in [0.05, 0.1) is 10.9 Å². The maximum Gasteiger partial charge on any atom is 0.243 e. The van der Waals surface area contributed by atoms with Crippen LogP contribution in [0.5, 0.6) is 17.2 Å². The van der Waals surface area contributed by atoms with Gasteiger partial charge in [-0.1, -0.05) is 34.6 Å². The first-order chi connectivity index (χ1) is 26.6. The number of benzene rings is 3. The number of phenolic OH excluding ortho intramolecular Hbond substituents is 1. The molecule has 2 atom stereocenters. The third kappa shape index (κ3) is 8.37. The van der Waals surface area contributed by atoms with E-state index in [1.165, 1.54) is 23.5 Å². The van der Waals surface area contributed by atoms with Crippen molar-refractivity contribution in [2.45, 2.75) is 38.1 Å². The summed E-state index contributed by atoms with van der Waals surface area (Å²) in [5.41, 5.74) is 1.62. The topological polar surface area (TPSA) is 110 Å². The number of phenols is 1. The first-order valence-corrected chi connectivity index (χ1v) is 20.2. The molecule has 11 nitrogen and oxygen atoms in total. The van der Waals surface area contributed by atoms with Crippen LogP contribution in [0.2, 0.25) is 0 Å². The number of ether oxygens (including phenoxy) is 2. The fourth-order valence-corrected chi connectivity index (χ4v) is 9.44. The van der Waals surface area contributed by atoms with Crippen molar-refractivity contribution in [3.8, 4) is 27.7 Å². The van der Waals surface area contributed by atoms with Gasteiger partial charge in [0, 0.05) is 91.2 Å². The number of rotatable bonds is 8. The van der Waals surface area contributed by atoms with Gasteiger partial charge in [0.25, 0.3) is 0 Å². The molecule has 5 heterocycles. The molecule has 0 radical (unpaired) electrons. The number of thiophene rings is 1. The average molecular weight is 838 g/mol. The number of piperazine rings is 1. The minimum atomic E-state index is -0.663.